The van der Waals surface area contributed by atoms with Crippen LogP contribution in [-0.2, 0) is 11.4 Å². The van der Waals surface area contributed by atoms with Gasteiger partial charge in [-0.25, -0.2) is 5.43 Å². The molecule has 0 radical (unpaired) electrons. The molecule has 0 heterocycles. The second kappa shape index (κ2) is 8.47. The lowest BCUT2D eigenvalue weighted by Gasteiger charge is -2.11. The normalized spacial score (nSPS) is 10.8. The van der Waals surface area contributed by atoms with Crippen molar-refractivity contribution in [2.75, 3.05) is 0 Å². The number of benzene rings is 2. The topological polar surface area (TPSA) is 50.7 Å². The molecular weight excluding hydrogens is 447 g/mol. The number of carbonyl (C=O) groups excluding carboxylic acids is 1. The summed E-state index contributed by atoms with van der Waals surface area (Å²) in [4.78, 5) is 10.8. The fraction of sp³-hybridized carbons (Fsp3) is 0.125. The third-order valence-corrected chi connectivity index (χ3v) is 4.18. The first kappa shape index (κ1) is 18.0. The lowest BCUT2D eigenvalue weighted by atomic mass is 10.2. The van der Waals surface area contributed by atoms with Crippen molar-refractivity contribution in [1.82, 2.24) is 5.43 Å². The first-order valence-corrected chi connectivity index (χ1v) is 8.58. The molecule has 1 amide bonds. The van der Waals surface area contributed by atoms with Crippen molar-refractivity contribution < 1.29 is 9.53 Å². The van der Waals surface area contributed by atoms with E-state index in [1.54, 1.807) is 6.21 Å². The van der Waals surface area contributed by atoms with Gasteiger partial charge >= 0.3 is 0 Å². The molecular formula is C16H13Br2ClN2O2. The first-order chi connectivity index (χ1) is 11.0. The maximum atomic E-state index is 10.8. The zero-order chi connectivity index (χ0) is 16.8. The van der Waals surface area contributed by atoms with E-state index in [9.17, 15) is 4.79 Å². The number of hydrogen-bond donors (Lipinski definition) is 1. The molecule has 0 saturated carbocycles. The SMILES string of the molecule is CC(=O)N/N=C\c1cc(Br)c(OCc2ccc(Cl)cc2)c(Br)c1. The molecule has 2 aromatic carbocycles. The van der Waals surface area contributed by atoms with E-state index in [0.29, 0.717) is 17.4 Å². The van der Waals surface area contributed by atoms with E-state index in [-0.39, 0.29) is 5.91 Å². The number of hydrazone groups is 1. The molecule has 0 aliphatic heterocycles. The van der Waals surface area contributed by atoms with Crippen LogP contribution in [0.4, 0.5) is 0 Å². The Morgan fingerprint density at radius 1 is 1.26 bits per heavy atom. The van der Waals surface area contributed by atoms with E-state index in [0.717, 1.165) is 20.1 Å². The molecule has 2 rings (SSSR count). The summed E-state index contributed by atoms with van der Waals surface area (Å²) < 4.78 is 7.41. The van der Waals surface area contributed by atoms with Crippen LogP contribution in [0.1, 0.15) is 18.1 Å². The first-order valence-electron chi connectivity index (χ1n) is 6.61. The molecule has 0 aromatic heterocycles. The van der Waals surface area contributed by atoms with Crippen LogP contribution >= 0.6 is 43.5 Å². The molecule has 1 N–H and O–H groups in total. The van der Waals surface area contributed by atoms with Crippen LogP contribution in [0.2, 0.25) is 5.02 Å². The van der Waals surface area contributed by atoms with Gasteiger partial charge in [-0.3, -0.25) is 4.79 Å². The highest BCUT2D eigenvalue weighted by Gasteiger charge is 2.09. The van der Waals surface area contributed by atoms with Gasteiger partial charge in [0.05, 0.1) is 15.2 Å². The van der Waals surface area contributed by atoms with Gasteiger partial charge in [0.25, 0.3) is 0 Å². The molecule has 120 valence electrons. The lowest BCUT2D eigenvalue weighted by Crippen LogP contribution is -2.12. The number of halogens is 3. The lowest BCUT2D eigenvalue weighted by molar-refractivity contribution is -0.118. The third-order valence-electron chi connectivity index (χ3n) is 2.75. The van der Waals surface area contributed by atoms with Crippen LogP contribution in [-0.4, -0.2) is 12.1 Å². The number of rotatable bonds is 5. The molecule has 0 bridgehead atoms. The van der Waals surface area contributed by atoms with E-state index in [1.807, 2.05) is 36.4 Å². The summed E-state index contributed by atoms with van der Waals surface area (Å²) in [6, 6.07) is 11.2. The molecule has 23 heavy (non-hydrogen) atoms. The summed E-state index contributed by atoms with van der Waals surface area (Å²) in [6.45, 7) is 1.82. The Hall–Kier alpha value is -1.37. The molecule has 2 aromatic rings. The van der Waals surface area contributed by atoms with Crippen molar-refractivity contribution in [3.8, 4) is 5.75 Å². The van der Waals surface area contributed by atoms with Gasteiger partial charge in [-0.2, -0.15) is 5.10 Å². The highest BCUT2D eigenvalue weighted by molar-refractivity contribution is 9.11. The van der Waals surface area contributed by atoms with Gasteiger partial charge in [0.15, 0.2) is 0 Å². The maximum Gasteiger partial charge on any atom is 0.236 e. The Morgan fingerprint density at radius 2 is 1.87 bits per heavy atom. The monoisotopic (exact) mass is 458 g/mol. The zero-order valence-corrected chi connectivity index (χ0v) is 16.1. The van der Waals surface area contributed by atoms with Crippen molar-refractivity contribution in [2.24, 2.45) is 5.10 Å². The zero-order valence-electron chi connectivity index (χ0n) is 12.1. The van der Waals surface area contributed by atoms with E-state index < -0.39 is 0 Å². The minimum Gasteiger partial charge on any atom is -0.487 e. The molecule has 0 unspecified atom stereocenters. The number of carbonyl (C=O) groups is 1. The van der Waals surface area contributed by atoms with Crippen molar-refractivity contribution in [2.45, 2.75) is 13.5 Å². The van der Waals surface area contributed by atoms with Gasteiger partial charge < -0.3 is 4.74 Å². The average molecular weight is 461 g/mol. The second-order valence-electron chi connectivity index (χ2n) is 4.66. The summed E-state index contributed by atoms with van der Waals surface area (Å²) in [5, 5.41) is 4.53. The summed E-state index contributed by atoms with van der Waals surface area (Å²) in [6.07, 6.45) is 1.56. The highest BCUT2D eigenvalue weighted by atomic mass is 79.9. The predicted octanol–water partition coefficient (Wildman–Crippen LogP) is 4.91. The number of ether oxygens (including phenoxy) is 1. The van der Waals surface area contributed by atoms with Crippen molar-refractivity contribution in [1.29, 1.82) is 0 Å². The Balaban J connectivity index is 2.09. The quantitative estimate of drug-likeness (QED) is 0.509. The second-order valence-corrected chi connectivity index (χ2v) is 6.80. The molecule has 0 aliphatic carbocycles. The number of nitrogens with one attached hydrogen (secondary N) is 1. The van der Waals surface area contributed by atoms with E-state index >= 15 is 0 Å². The van der Waals surface area contributed by atoms with Gasteiger partial charge in [-0.1, -0.05) is 23.7 Å². The molecule has 0 saturated heterocycles. The summed E-state index contributed by atoms with van der Waals surface area (Å²) in [5.74, 6) is 0.471. The number of amides is 1. The van der Waals surface area contributed by atoms with E-state index in [2.05, 4.69) is 42.4 Å². The Kier molecular flexibility index (Phi) is 6.62. The summed E-state index contributed by atoms with van der Waals surface area (Å²) >= 11 is 12.8. The van der Waals surface area contributed by atoms with Crippen LogP contribution in [0, 0.1) is 0 Å². The Bertz CT molecular complexity index is 710. The number of hydrogen-bond acceptors (Lipinski definition) is 3. The van der Waals surface area contributed by atoms with Crippen LogP contribution in [0.3, 0.4) is 0 Å². The van der Waals surface area contributed by atoms with Gasteiger partial charge in [-0.15, -0.1) is 0 Å². The fourth-order valence-electron chi connectivity index (χ4n) is 1.73. The third kappa shape index (κ3) is 5.64. The van der Waals surface area contributed by atoms with Crippen LogP contribution in [0.15, 0.2) is 50.4 Å². The smallest absolute Gasteiger partial charge is 0.236 e. The standard InChI is InChI=1S/C16H13Br2ClN2O2/c1-10(22)21-20-8-12-6-14(17)16(15(18)7-12)23-9-11-2-4-13(19)5-3-11/h2-8H,9H2,1H3,(H,21,22)/b20-8-. The molecule has 0 fully saturated rings. The summed E-state index contributed by atoms with van der Waals surface area (Å²) in [7, 11) is 0. The molecule has 0 aliphatic rings. The largest absolute Gasteiger partial charge is 0.487 e. The van der Waals surface area contributed by atoms with Gasteiger partial charge in [0.2, 0.25) is 5.91 Å². The summed E-state index contributed by atoms with van der Waals surface area (Å²) in [5.41, 5.74) is 4.19. The Labute approximate surface area is 156 Å². The van der Waals surface area contributed by atoms with E-state index in [1.165, 1.54) is 6.92 Å². The predicted molar refractivity (Wildman–Crippen MR) is 99.0 cm³/mol. The van der Waals surface area contributed by atoms with Gasteiger partial charge in [0.1, 0.15) is 12.4 Å². The molecule has 0 spiro atoms. The van der Waals surface area contributed by atoms with Gasteiger partial charge in [0, 0.05) is 11.9 Å². The number of nitrogens with zero attached hydrogens (tertiary/aromatic N) is 1. The highest BCUT2D eigenvalue weighted by Crippen LogP contribution is 2.35. The minimum absolute atomic E-state index is 0.220. The van der Waals surface area contributed by atoms with Crippen molar-refractivity contribution in [3.05, 3.63) is 61.5 Å². The Morgan fingerprint density at radius 3 is 2.43 bits per heavy atom. The van der Waals surface area contributed by atoms with Crippen LogP contribution in [0.25, 0.3) is 0 Å². The fourth-order valence-corrected chi connectivity index (χ4v) is 3.30. The average Bonchev–Trinajstić information content (AvgIpc) is 2.48. The molecule has 7 heteroatoms. The van der Waals surface area contributed by atoms with Crippen LogP contribution < -0.4 is 10.2 Å². The minimum atomic E-state index is -0.220. The van der Waals surface area contributed by atoms with E-state index in [4.69, 9.17) is 16.3 Å². The van der Waals surface area contributed by atoms with Crippen molar-refractivity contribution in [3.63, 3.8) is 0 Å². The molecule has 0 atom stereocenters. The van der Waals surface area contributed by atoms with Crippen LogP contribution in [0.5, 0.6) is 5.75 Å². The van der Waals surface area contributed by atoms with Gasteiger partial charge in [-0.05, 0) is 67.3 Å². The maximum absolute atomic E-state index is 10.8. The molecule has 4 nitrogen and oxygen atoms in total. The van der Waals surface area contributed by atoms with Crippen molar-refractivity contribution >= 4 is 55.6 Å².